The molecule has 4 heteroatoms. The summed E-state index contributed by atoms with van der Waals surface area (Å²) in [6.07, 6.45) is 0.924. The van der Waals surface area contributed by atoms with E-state index in [0.717, 1.165) is 6.42 Å². The standard InChI is InChI=1S/C9H18N2O2/c1-5-6-10-13-9(12)8(2)7-11(3)4/h10H,2,5-7H2,1,3-4H3. The Morgan fingerprint density at radius 3 is 2.62 bits per heavy atom. The fraction of sp³-hybridized carbons (Fsp3) is 0.667. The van der Waals surface area contributed by atoms with Gasteiger partial charge in [0, 0.05) is 18.7 Å². The van der Waals surface area contributed by atoms with Crippen molar-refractivity contribution in [2.45, 2.75) is 13.3 Å². The molecule has 0 bridgehead atoms. The number of nitrogens with one attached hydrogen (secondary N) is 1. The van der Waals surface area contributed by atoms with Crippen LogP contribution in [-0.4, -0.2) is 38.1 Å². The van der Waals surface area contributed by atoms with Crippen LogP contribution in [0.2, 0.25) is 0 Å². The van der Waals surface area contributed by atoms with Gasteiger partial charge in [-0.25, -0.2) is 4.79 Å². The van der Waals surface area contributed by atoms with Crippen LogP contribution in [0.1, 0.15) is 13.3 Å². The Labute approximate surface area is 79.5 Å². The fourth-order valence-corrected chi connectivity index (χ4v) is 0.737. The van der Waals surface area contributed by atoms with Crippen LogP contribution < -0.4 is 5.48 Å². The van der Waals surface area contributed by atoms with Crippen LogP contribution >= 0.6 is 0 Å². The summed E-state index contributed by atoms with van der Waals surface area (Å²) in [7, 11) is 3.75. The molecular formula is C9H18N2O2. The molecule has 0 aliphatic rings. The Bertz CT molecular complexity index is 178. The van der Waals surface area contributed by atoms with Crippen molar-refractivity contribution in [2.24, 2.45) is 0 Å². The lowest BCUT2D eigenvalue weighted by atomic mass is 10.3. The first kappa shape index (κ1) is 12.1. The van der Waals surface area contributed by atoms with E-state index < -0.39 is 0 Å². The highest BCUT2D eigenvalue weighted by atomic mass is 16.7. The van der Waals surface area contributed by atoms with Crippen molar-refractivity contribution in [1.82, 2.24) is 10.4 Å². The molecule has 0 amide bonds. The van der Waals surface area contributed by atoms with Gasteiger partial charge in [0.2, 0.25) is 0 Å². The topological polar surface area (TPSA) is 41.6 Å². The molecule has 0 aromatic rings. The van der Waals surface area contributed by atoms with Gasteiger partial charge in [-0.05, 0) is 20.5 Å². The third-order valence-electron chi connectivity index (χ3n) is 1.31. The van der Waals surface area contributed by atoms with Crippen LogP contribution in [0.3, 0.4) is 0 Å². The Kier molecular flexibility index (Phi) is 6.18. The predicted octanol–water partition coefficient (Wildman–Crippen LogP) is 0.562. The Hall–Kier alpha value is -0.870. The van der Waals surface area contributed by atoms with Gasteiger partial charge in [0.25, 0.3) is 0 Å². The Morgan fingerprint density at radius 2 is 2.15 bits per heavy atom. The third kappa shape index (κ3) is 6.31. The van der Waals surface area contributed by atoms with Gasteiger partial charge in [-0.1, -0.05) is 13.5 Å². The van der Waals surface area contributed by atoms with Crippen molar-refractivity contribution in [3.8, 4) is 0 Å². The van der Waals surface area contributed by atoms with Gasteiger partial charge in [0.05, 0.1) is 0 Å². The Balaban J connectivity index is 3.64. The number of carbonyl (C=O) groups excluding carboxylic acids is 1. The molecule has 0 saturated carbocycles. The average molecular weight is 186 g/mol. The van der Waals surface area contributed by atoms with Gasteiger partial charge >= 0.3 is 5.97 Å². The van der Waals surface area contributed by atoms with Crippen molar-refractivity contribution in [3.63, 3.8) is 0 Å². The van der Waals surface area contributed by atoms with Crippen LogP contribution in [0.5, 0.6) is 0 Å². The molecule has 0 saturated heterocycles. The van der Waals surface area contributed by atoms with Gasteiger partial charge in [0.15, 0.2) is 0 Å². The number of nitrogens with zero attached hydrogens (tertiary/aromatic N) is 1. The summed E-state index contributed by atoms with van der Waals surface area (Å²) in [6.45, 7) is 6.80. The van der Waals surface area contributed by atoms with Gasteiger partial charge in [-0.3, -0.25) is 0 Å². The van der Waals surface area contributed by atoms with E-state index in [1.807, 2.05) is 25.9 Å². The van der Waals surface area contributed by atoms with Gasteiger partial charge < -0.3 is 9.74 Å². The molecule has 0 radical (unpaired) electrons. The zero-order valence-corrected chi connectivity index (χ0v) is 8.59. The summed E-state index contributed by atoms with van der Waals surface area (Å²) >= 11 is 0. The minimum Gasteiger partial charge on any atom is -0.367 e. The molecule has 0 heterocycles. The van der Waals surface area contributed by atoms with Crippen molar-refractivity contribution in [3.05, 3.63) is 12.2 Å². The molecule has 0 aliphatic carbocycles. The van der Waals surface area contributed by atoms with Crippen LogP contribution in [0.25, 0.3) is 0 Å². The summed E-state index contributed by atoms with van der Waals surface area (Å²) in [5.41, 5.74) is 3.01. The molecular weight excluding hydrogens is 168 g/mol. The normalized spacial score (nSPS) is 10.2. The molecule has 13 heavy (non-hydrogen) atoms. The maximum Gasteiger partial charge on any atom is 0.353 e. The molecule has 0 aromatic heterocycles. The van der Waals surface area contributed by atoms with Crippen molar-refractivity contribution in [2.75, 3.05) is 27.2 Å². The van der Waals surface area contributed by atoms with E-state index >= 15 is 0 Å². The smallest absolute Gasteiger partial charge is 0.353 e. The number of hydroxylamine groups is 1. The van der Waals surface area contributed by atoms with E-state index in [1.54, 1.807) is 0 Å². The van der Waals surface area contributed by atoms with Crippen LogP contribution in [0.15, 0.2) is 12.2 Å². The van der Waals surface area contributed by atoms with Crippen molar-refractivity contribution < 1.29 is 9.63 Å². The van der Waals surface area contributed by atoms with E-state index in [-0.39, 0.29) is 5.97 Å². The first-order chi connectivity index (χ1) is 6.07. The Morgan fingerprint density at radius 1 is 1.54 bits per heavy atom. The molecule has 0 rings (SSSR count). The van der Waals surface area contributed by atoms with E-state index in [2.05, 4.69) is 12.1 Å². The third-order valence-corrected chi connectivity index (χ3v) is 1.31. The first-order valence-electron chi connectivity index (χ1n) is 4.34. The fourth-order valence-electron chi connectivity index (χ4n) is 0.737. The van der Waals surface area contributed by atoms with Gasteiger partial charge in [-0.2, -0.15) is 5.48 Å². The van der Waals surface area contributed by atoms with E-state index in [4.69, 9.17) is 4.84 Å². The lowest BCUT2D eigenvalue weighted by Gasteiger charge is -2.11. The number of rotatable bonds is 6. The molecule has 0 aliphatic heterocycles. The second-order valence-electron chi connectivity index (χ2n) is 3.13. The van der Waals surface area contributed by atoms with Crippen LogP contribution in [0.4, 0.5) is 0 Å². The molecule has 76 valence electrons. The highest BCUT2D eigenvalue weighted by Crippen LogP contribution is 1.94. The summed E-state index contributed by atoms with van der Waals surface area (Å²) in [5.74, 6) is -0.387. The number of hydrogen-bond donors (Lipinski definition) is 1. The summed E-state index contributed by atoms with van der Waals surface area (Å²) < 4.78 is 0. The highest BCUT2D eigenvalue weighted by molar-refractivity contribution is 5.87. The van der Waals surface area contributed by atoms with E-state index in [9.17, 15) is 4.79 Å². The molecule has 4 nitrogen and oxygen atoms in total. The predicted molar refractivity (Wildman–Crippen MR) is 52.1 cm³/mol. The molecule has 0 aromatic carbocycles. The lowest BCUT2D eigenvalue weighted by Crippen LogP contribution is -2.26. The lowest BCUT2D eigenvalue weighted by molar-refractivity contribution is -0.146. The van der Waals surface area contributed by atoms with E-state index in [0.29, 0.717) is 18.7 Å². The number of carbonyl (C=O) groups is 1. The number of likely N-dealkylation sites (N-methyl/N-ethyl adjacent to an activating group) is 1. The van der Waals surface area contributed by atoms with Crippen LogP contribution in [-0.2, 0) is 9.63 Å². The van der Waals surface area contributed by atoms with Crippen molar-refractivity contribution in [1.29, 1.82) is 0 Å². The monoisotopic (exact) mass is 186 g/mol. The second-order valence-corrected chi connectivity index (χ2v) is 3.13. The van der Waals surface area contributed by atoms with Crippen molar-refractivity contribution >= 4 is 5.97 Å². The quantitative estimate of drug-likeness (QED) is 0.374. The van der Waals surface area contributed by atoms with E-state index in [1.165, 1.54) is 0 Å². The summed E-state index contributed by atoms with van der Waals surface area (Å²) in [6, 6.07) is 0. The zero-order chi connectivity index (χ0) is 10.3. The molecule has 1 N–H and O–H groups in total. The molecule has 0 atom stereocenters. The van der Waals surface area contributed by atoms with Gasteiger partial charge in [0.1, 0.15) is 0 Å². The minimum absolute atomic E-state index is 0.387. The maximum absolute atomic E-state index is 11.1. The SMILES string of the molecule is C=C(CN(C)C)C(=O)ONCCC. The van der Waals surface area contributed by atoms with Crippen LogP contribution in [0, 0.1) is 0 Å². The zero-order valence-electron chi connectivity index (χ0n) is 8.59. The summed E-state index contributed by atoms with van der Waals surface area (Å²) in [4.78, 5) is 17.7. The molecule has 0 fully saturated rings. The second kappa shape index (κ2) is 6.62. The highest BCUT2D eigenvalue weighted by Gasteiger charge is 2.08. The van der Waals surface area contributed by atoms with Gasteiger partial charge in [-0.15, -0.1) is 0 Å². The average Bonchev–Trinajstić information content (AvgIpc) is 2.03. The molecule has 0 unspecified atom stereocenters. The molecule has 0 spiro atoms. The first-order valence-corrected chi connectivity index (χ1v) is 4.34. The minimum atomic E-state index is -0.387. The largest absolute Gasteiger partial charge is 0.367 e. The number of hydrogen-bond acceptors (Lipinski definition) is 4. The maximum atomic E-state index is 11.1. The summed E-state index contributed by atoms with van der Waals surface area (Å²) in [5, 5.41) is 0.